The Morgan fingerprint density at radius 1 is 1.43 bits per heavy atom. The van der Waals surface area contributed by atoms with Crippen molar-refractivity contribution >= 4 is 0 Å². The molecule has 0 aromatic heterocycles. The van der Waals surface area contributed by atoms with Gasteiger partial charge in [-0.3, -0.25) is 0 Å². The Labute approximate surface area is 89.1 Å². The third kappa shape index (κ3) is 2.71. The van der Waals surface area contributed by atoms with Crippen LogP contribution in [0.15, 0.2) is 0 Å². The van der Waals surface area contributed by atoms with E-state index in [2.05, 4.69) is 45.0 Å². The third-order valence-corrected chi connectivity index (χ3v) is 3.97. The zero-order valence-electron chi connectivity index (χ0n) is 10.5. The molecule has 0 aliphatic carbocycles. The Morgan fingerprint density at radius 3 is 2.50 bits per heavy atom. The largest absolute Gasteiger partial charge is 0.316 e. The molecule has 1 unspecified atom stereocenters. The van der Waals surface area contributed by atoms with Crippen molar-refractivity contribution in [3.05, 3.63) is 0 Å². The molecular weight excluding hydrogens is 172 g/mol. The molecule has 0 bridgehead atoms. The highest BCUT2D eigenvalue weighted by Gasteiger charge is 2.33. The minimum atomic E-state index is 0.339. The van der Waals surface area contributed by atoms with Crippen LogP contribution in [0.4, 0.5) is 0 Å². The van der Waals surface area contributed by atoms with E-state index in [0.717, 1.165) is 0 Å². The quantitative estimate of drug-likeness (QED) is 0.744. The van der Waals surface area contributed by atoms with Gasteiger partial charge in [-0.25, -0.2) is 0 Å². The van der Waals surface area contributed by atoms with Crippen LogP contribution in [0.25, 0.3) is 0 Å². The fourth-order valence-corrected chi connectivity index (χ4v) is 2.06. The van der Waals surface area contributed by atoms with Gasteiger partial charge in [-0.2, -0.15) is 0 Å². The van der Waals surface area contributed by atoms with Gasteiger partial charge in [0.1, 0.15) is 0 Å². The van der Waals surface area contributed by atoms with Gasteiger partial charge in [0.05, 0.1) is 0 Å². The van der Waals surface area contributed by atoms with Crippen molar-refractivity contribution in [2.45, 2.75) is 46.1 Å². The molecule has 1 heterocycles. The molecule has 1 aliphatic rings. The molecule has 0 aromatic rings. The van der Waals surface area contributed by atoms with E-state index in [0.29, 0.717) is 11.0 Å². The van der Waals surface area contributed by atoms with Crippen LogP contribution < -0.4 is 5.32 Å². The van der Waals surface area contributed by atoms with Gasteiger partial charge in [0.15, 0.2) is 0 Å². The summed E-state index contributed by atoms with van der Waals surface area (Å²) in [6, 6.07) is 0. The molecule has 1 rings (SSSR count). The standard InChI is InChI=1S/C12H26N2/c1-6-11(2,3)14(5)10-12(4)7-8-13-9-12/h13H,6-10H2,1-5H3. The average molecular weight is 198 g/mol. The Kier molecular flexibility index (Phi) is 3.59. The minimum absolute atomic E-state index is 0.339. The summed E-state index contributed by atoms with van der Waals surface area (Å²) >= 11 is 0. The molecule has 1 fully saturated rings. The molecule has 0 amide bonds. The summed E-state index contributed by atoms with van der Waals surface area (Å²) in [5.74, 6) is 0. The van der Waals surface area contributed by atoms with Crippen LogP contribution in [0.2, 0.25) is 0 Å². The highest BCUT2D eigenvalue weighted by molar-refractivity contribution is 4.89. The van der Waals surface area contributed by atoms with Gasteiger partial charge in [0.2, 0.25) is 0 Å². The monoisotopic (exact) mass is 198 g/mol. The van der Waals surface area contributed by atoms with E-state index in [1.807, 2.05) is 0 Å². The Hall–Kier alpha value is -0.0800. The lowest BCUT2D eigenvalue weighted by atomic mass is 9.87. The van der Waals surface area contributed by atoms with Crippen molar-refractivity contribution in [1.29, 1.82) is 0 Å². The number of nitrogens with one attached hydrogen (secondary N) is 1. The maximum Gasteiger partial charge on any atom is 0.0147 e. The Balaban J connectivity index is 2.51. The first-order valence-corrected chi connectivity index (χ1v) is 5.82. The van der Waals surface area contributed by atoms with Gasteiger partial charge in [0, 0.05) is 18.6 Å². The molecule has 0 aromatic carbocycles. The van der Waals surface area contributed by atoms with E-state index in [-0.39, 0.29) is 0 Å². The van der Waals surface area contributed by atoms with Crippen molar-refractivity contribution in [2.24, 2.45) is 5.41 Å². The average Bonchev–Trinajstić information content (AvgIpc) is 2.52. The van der Waals surface area contributed by atoms with Crippen LogP contribution in [-0.4, -0.2) is 37.1 Å². The maximum atomic E-state index is 3.46. The Morgan fingerprint density at radius 2 is 2.07 bits per heavy atom. The van der Waals surface area contributed by atoms with Crippen LogP contribution in [0.5, 0.6) is 0 Å². The van der Waals surface area contributed by atoms with E-state index in [1.165, 1.54) is 32.5 Å². The second kappa shape index (κ2) is 4.19. The van der Waals surface area contributed by atoms with Gasteiger partial charge in [-0.05, 0) is 45.7 Å². The second-order valence-corrected chi connectivity index (χ2v) is 5.76. The molecule has 1 atom stereocenters. The third-order valence-electron chi connectivity index (χ3n) is 3.97. The van der Waals surface area contributed by atoms with Crippen molar-refractivity contribution in [3.63, 3.8) is 0 Å². The molecule has 2 heteroatoms. The SMILES string of the molecule is CCC(C)(C)N(C)CC1(C)CCNC1. The van der Waals surface area contributed by atoms with Crippen LogP contribution in [0.1, 0.15) is 40.5 Å². The smallest absolute Gasteiger partial charge is 0.0147 e. The topological polar surface area (TPSA) is 15.3 Å². The van der Waals surface area contributed by atoms with Crippen molar-refractivity contribution < 1.29 is 0 Å². The zero-order chi connectivity index (χ0) is 10.8. The lowest BCUT2D eigenvalue weighted by Crippen LogP contribution is -2.46. The summed E-state index contributed by atoms with van der Waals surface area (Å²) in [5, 5.41) is 3.46. The summed E-state index contributed by atoms with van der Waals surface area (Å²) in [5.41, 5.74) is 0.826. The van der Waals surface area contributed by atoms with E-state index in [9.17, 15) is 0 Å². The summed E-state index contributed by atoms with van der Waals surface area (Å²) in [4.78, 5) is 2.51. The Bertz CT molecular complexity index is 181. The lowest BCUT2D eigenvalue weighted by molar-refractivity contribution is 0.0984. The molecule has 1 aliphatic heterocycles. The molecule has 0 spiro atoms. The van der Waals surface area contributed by atoms with Crippen molar-refractivity contribution in [2.75, 3.05) is 26.7 Å². The van der Waals surface area contributed by atoms with E-state index >= 15 is 0 Å². The summed E-state index contributed by atoms with van der Waals surface area (Å²) < 4.78 is 0. The second-order valence-electron chi connectivity index (χ2n) is 5.76. The number of hydrogen-bond acceptors (Lipinski definition) is 2. The highest BCUT2D eigenvalue weighted by Crippen LogP contribution is 2.28. The molecule has 1 N–H and O–H groups in total. The van der Waals surface area contributed by atoms with Crippen molar-refractivity contribution in [3.8, 4) is 0 Å². The number of nitrogens with zero attached hydrogens (tertiary/aromatic N) is 1. The summed E-state index contributed by atoms with van der Waals surface area (Å²) in [6.07, 6.45) is 2.53. The highest BCUT2D eigenvalue weighted by atomic mass is 15.2. The minimum Gasteiger partial charge on any atom is -0.316 e. The first kappa shape index (κ1) is 12.0. The fraction of sp³-hybridized carbons (Fsp3) is 1.00. The van der Waals surface area contributed by atoms with Crippen LogP contribution >= 0.6 is 0 Å². The molecule has 14 heavy (non-hydrogen) atoms. The van der Waals surface area contributed by atoms with Gasteiger partial charge in [-0.15, -0.1) is 0 Å². The van der Waals surface area contributed by atoms with Crippen LogP contribution in [0.3, 0.4) is 0 Å². The number of hydrogen-bond donors (Lipinski definition) is 1. The van der Waals surface area contributed by atoms with Gasteiger partial charge < -0.3 is 10.2 Å². The van der Waals surface area contributed by atoms with E-state index in [4.69, 9.17) is 0 Å². The van der Waals surface area contributed by atoms with E-state index < -0.39 is 0 Å². The van der Waals surface area contributed by atoms with Crippen LogP contribution in [0, 0.1) is 5.41 Å². The summed E-state index contributed by atoms with van der Waals surface area (Å²) in [6.45, 7) is 12.9. The fourth-order valence-electron chi connectivity index (χ4n) is 2.06. The first-order valence-electron chi connectivity index (χ1n) is 5.82. The molecule has 84 valence electrons. The summed E-state index contributed by atoms with van der Waals surface area (Å²) in [7, 11) is 2.26. The lowest BCUT2D eigenvalue weighted by Gasteiger charge is -2.39. The van der Waals surface area contributed by atoms with Crippen molar-refractivity contribution in [1.82, 2.24) is 10.2 Å². The van der Waals surface area contributed by atoms with E-state index in [1.54, 1.807) is 0 Å². The molecule has 0 radical (unpaired) electrons. The molecule has 2 nitrogen and oxygen atoms in total. The van der Waals surface area contributed by atoms with Crippen LogP contribution in [-0.2, 0) is 0 Å². The molecule has 1 saturated heterocycles. The van der Waals surface area contributed by atoms with Gasteiger partial charge in [0.25, 0.3) is 0 Å². The molecule has 0 saturated carbocycles. The maximum absolute atomic E-state index is 3.46. The number of rotatable bonds is 4. The normalized spacial score (nSPS) is 28.7. The first-order chi connectivity index (χ1) is 6.40. The van der Waals surface area contributed by atoms with Gasteiger partial charge in [-0.1, -0.05) is 13.8 Å². The van der Waals surface area contributed by atoms with Gasteiger partial charge >= 0.3 is 0 Å². The molecular formula is C12H26N2. The zero-order valence-corrected chi connectivity index (χ0v) is 10.5. The predicted octanol–water partition coefficient (Wildman–Crippen LogP) is 2.11. The predicted molar refractivity (Wildman–Crippen MR) is 62.6 cm³/mol.